The highest BCUT2D eigenvalue weighted by Gasteiger charge is 2.12. The van der Waals surface area contributed by atoms with Gasteiger partial charge >= 0.3 is 0 Å². The van der Waals surface area contributed by atoms with Gasteiger partial charge in [-0.2, -0.15) is 0 Å². The molecule has 1 nitrogen and oxygen atoms in total. The third-order valence-corrected chi connectivity index (χ3v) is 3.16. The zero-order valence-corrected chi connectivity index (χ0v) is 8.04. The minimum absolute atomic E-state index is 0.929. The number of hydrogen-bond donors (Lipinski definition) is 1. The fourth-order valence-corrected chi connectivity index (χ4v) is 2.16. The van der Waals surface area contributed by atoms with Crippen LogP contribution in [0, 0.1) is 5.92 Å². The molecule has 0 radical (unpaired) electrons. The van der Waals surface area contributed by atoms with Gasteiger partial charge in [-0.05, 0) is 43.7 Å². The first-order valence-electron chi connectivity index (χ1n) is 4.28. The molecule has 11 heavy (non-hydrogen) atoms. The summed E-state index contributed by atoms with van der Waals surface area (Å²) < 4.78 is 0. The SMILES string of the molecule is C=C(C)SCC1CCNCC1. The molecular weight excluding hydrogens is 154 g/mol. The Kier molecular flexibility index (Phi) is 4.02. The molecule has 1 saturated heterocycles. The second-order valence-electron chi connectivity index (χ2n) is 3.21. The first-order chi connectivity index (χ1) is 5.29. The standard InChI is InChI=1S/C9H17NS/c1-8(2)11-7-9-3-5-10-6-4-9/h9-10H,1,3-7H2,2H3. The van der Waals surface area contributed by atoms with Gasteiger partial charge in [0.25, 0.3) is 0 Å². The Bertz CT molecular complexity index is 128. The lowest BCUT2D eigenvalue weighted by Gasteiger charge is -2.21. The van der Waals surface area contributed by atoms with Crippen LogP contribution in [0.15, 0.2) is 11.5 Å². The van der Waals surface area contributed by atoms with E-state index in [-0.39, 0.29) is 0 Å². The molecule has 0 aliphatic carbocycles. The lowest BCUT2D eigenvalue weighted by Crippen LogP contribution is -2.28. The van der Waals surface area contributed by atoms with E-state index < -0.39 is 0 Å². The van der Waals surface area contributed by atoms with Crippen LogP contribution < -0.4 is 5.32 Å². The molecule has 0 spiro atoms. The highest BCUT2D eigenvalue weighted by atomic mass is 32.2. The molecule has 0 saturated carbocycles. The normalized spacial score (nSPS) is 20.1. The van der Waals surface area contributed by atoms with Crippen molar-refractivity contribution in [1.82, 2.24) is 5.32 Å². The van der Waals surface area contributed by atoms with E-state index in [1.807, 2.05) is 11.8 Å². The van der Waals surface area contributed by atoms with E-state index in [2.05, 4.69) is 18.8 Å². The van der Waals surface area contributed by atoms with Crippen molar-refractivity contribution in [1.29, 1.82) is 0 Å². The van der Waals surface area contributed by atoms with Crippen molar-refractivity contribution in [2.45, 2.75) is 19.8 Å². The molecular formula is C9H17NS. The second-order valence-corrected chi connectivity index (χ2v) is 4.53. The van der Waals surface area contributed by atoms with Gasteiger partial charge in [0.05, 0.1) is 0 Å². The van der Waals surface area contributed by atoms with Gasteiger partial charge in [0, 0.05) is 5.75 Å². The van der Waals surface area contributed by atoms with E-state index in [0.717, 1.165) is 5.92 Å². The monoisotopic (exact) mass is 171 g/mol. The van der Waals surface area contributed by atoms with Gasteiger partial charge < -0.3 is 5.32 Å². The average molecular weight is 171 g/mol. The van der Waals surface area contributed by atoms with Crippen molar-refractivity contribution in [3.63, 3.8) is 0 Å². The van der Waals surface area contributed by atoms with E-state index in [0.29, 0.717) is 0 Å². The second kappa shape index (κ2) is 4.83. The minimum atomic E-state index is 0.929. The summed E-state index contributed by atoms with van der Waals surface area (Å²) in [6.45, 7) is 8.40. The van der Waals surface area contributed by atoms with Crippen molar-refractivity contribution in [3.8, 4) is 0 Å². The summed E-state index contributed by atoms with van der Waals surface area (Å²) in [6.07, 6.45) is 2.70. The number of allylic oxidation sites excluding steroid dienone is 1. The number of rotatable bonds is 3. The fraction of sp³-hybridized carbons (Fsp3) is 0.778. The Labute approximate surface area is 73.6 Å². The Morgan fingerprint density at radius 2 is 2.18 bits per heavy atom. The molecule has 1 fully saturated rings. The minimum Gasteiger partial charge on any atom is -0.317 e. The van der Waals surface area contributed by atoms with Crippen molar-refractivity contribution in [3.05, 3.63) is 11.5 Å². The number of thioether (sulfide) groups is 1. The Hall–Kier alpha value is 0.0500. The predicted octanol–water partition coefficient (Wildman–Crippen LogP) is 2.25. The molecule has 64 valence electrons. The predicted molar refractivity (Wildman–Crippen MR) is 52.9 cm³/mol. The molecule has 1 heterocycles. The van der Waals surface area contributed by atoms with Gasteiger partial charge in [0.2, 0.25) is 0 Å². The quantitative estimate of drug-likeness (QED) is 0.699. The molecule has 0 bridgehead atoms. The van der Waals surface area contributed by atoms with Crippen LogP contribution in [0.2, 0.25) is 0 Å². The first-order valence-corrected chi connectivity index (χ1v) is 5.26. The highest BCUT2D eigenvalue weighted by Crippen LogP contribution is 2.21. The molecule has 0 amide bonds. The van der Waals surface area contributed by atoms with Gasteiger partial charge in [-0.25, -0.2) is 0 Å². The van der Waals surface area contributed by atoms with Gasteiger partial charge in [0.15, 0.2) is 0 Å². The van der Waals surface area contributed by atoms with Crippen LogP contribution in [0.5, 0.6) is 0 Å². The fourth-order valence-electron chi connectivity index (χ4n) is 1.31. The van der Waals surface area contributed by atoms with E-state index in [4.69, 9.17) is 0 Å². The zero-order chi connectivity index (χ0) is 8.10. The van der Waals surface area contributed by atoms with Gasteiger partial charge in [-0.1, -0.05) is 6.58 Å². The summed E-state index contributed by atoms with van der Waals surface area (Å²) >= 11 is 1.92. The smallest absolute Gasteiger partial charge is 0.000579 e. The van der Waals surface area contributed by atoms with E-state index in [1.165, 1.54) is 36.6 Å². The lowest BCUT2D eigenvalue weighted by atomic mass is 10.0. The number of hydrogen-bond acceptors (Lipinski definition) is 2. The maximum atomic E-state index is 3.89. The van der Waals surface area contributed by atoms with Crippen LogP contribution in [-0.4, -0.2) is 18.8 Å². The summed E-state index contributed by atoms with van der Waals surface area (Å²) in [4.78, 5) is 1.25. The van der Waals surface area contributed by atoms with Gasteiger partial charge in [-0.3, -0.25) is 0 Å². The summed E-state index contributed by atoms with van der Waals surface area (Å²) in [5.41, 5.74) is 0. The van der Waals surface area contributed by atoms with Crippen LogP contribution in [-0.2, 0) is 0 Å². The lowest BCUT2D eigenvalue weighted by molar-refractivity contribution is 0.408. The molecule has 0 aromatic heterocycles. The molecule has 1 aliphatic heterocycles. The Morgan fingerprint density at radius 1 is 1.55 bits per heavy atom. The Morgan fingerprint density at radius 3 is 2.73 bits per heavy atom. The topological polar surface area (TPSA) is 12.0 Å². The van der Waals surface area contributed by atoms with Crippen LogP contribution >= 0.6 is 11.8 Å². The van der Waals surface area contributed by atoms with Crippen LogP contribution in [0.4, 0.5) is 0 Å². The molecule has 0 unspecified atom stereocenters. The third kappa shape index (κ3) is 3.82. The molecule has 0 aromatic rings. The van der Waals surface area contributed by atoms with Crippen molar-refractivity contribution in [2.75, 3.05) is 18.8 Å². The van der Waals surface area contributed by atoms with E-state index >= 15 is 0 Å². The largest absolute Gasteiger partial charge is 0.317 e. The summed E-state index contributed by atoms with van der Waals surface area (Å²) in [5, 5.41) is 3.37. The van der Waals surface area contributed by atoms with Crippen LogP contribution in [0.1, 0.15) is 19.8 Å². The van der Waals surface area contributed by atoms with Gasteiger partial charge in [0.1, 0.15) is 0 Å². The van der Waals surface area contributed by atoms with Crippen molar-refractivity contribution in [2.24, 2.45) is 5.92 Å². The molecule has 1 N–H and O–H groups in total. The molecule has 2 heteroatoms. The first kappa shape index (κ1) is 9.14. The summed E-state index contributed by atoms with van der Waals surface area (Å²) in [6, 6.07) is 0. The number of piperidine rings is 1. The summed E-state index contributed by atoms with van der Waals surface area (Å²) in [5.74, 6) is 2.20. The maximum Gasteiger partial charge on any atom is 0.000579 e. The molecule has 1 rings (SSSR count). The van der Waals surface area contributed by atoms with E-state index in [1.54, 1.807) is 0 Å². The zero-order valence-electron chi connectivity index (χ0n) is 7.23. The van der Waals surface area contributed by atoms with Crippen LogP contribution in [0.25, 0.3) is 0 Å². The molecule has 1 aliphatic rings. The molecule has 0 aromatic carbocycles. The Balaban J connectivity index is 2.09. The number of nitrogens with one attached hydrogen (secondary N) is 1. The molecule has 0 atom stereocenters. The van der Waals surface area contributed by atoms with Crippen LogP contribution in [0.3, 0.4) is 0 Å². The summed E-state index contributed by atoms with van der Waals surface area (Å²) in [7, 11) is 0. The van der Waals surface area contributed by atoms with Crippen molar-refractivity contribution >= 4 is 11.8 Å². The third-order valence-electron chi connectivity index (χ3n) is 2.02. The maximum absolute atomic E-state index is 3.89. The average Bonchev–Trinajstić information content (AvgIpc) is 2.03. The van der Waals surface area contributed by atoms with Crippen molar-refractivity contribution < 1.29 is 0 Å². The van der Waals surface area contributed by atoms with E-state index in [9.17, 15) is 0 Å². The highest BCUT2D eigenvalue weighted by molar-refractivity contribution is 8.03. The van der Waals surface area contributed by atoms with Gasteiger partial charge in [-0.15, -0.1) is 11.8 Å².